The molecule has 2 heteroatoms. The van der Waals surface area contributed by atoms with E-state index in [9.17, 15) is 5.11 Å². The number of rotatable bonds is 3. The van der Waals surface area contributed by atoms with E-state index in [2.05, 4.69) is 11.9 Å². The summed E-state index contributed by atoms with van der Waals surface area (Å²) in [5.74, 6) is 1.41. The molecule has 1 heterocycles. The van der Waals surface area contributed by atoms with Crippen molar-refractivity contribution in [3.63, 3.8) is 0 Å². The number of nitrogens with zero attached hydrogens (tertiary/aromatic N) is 1. The van der Waals surface area contributed by atoms with E-state index >= 15 is 0 Å². The lowest BCUT2D eigenvalue weighted by atomic mass is 9.91. The van der Waals surface area contributed by atoms with Gasteiger partial charge in [-0.3, -0.25) is 0 Å². The zero-order chi connectivity index (χ0) is 9.97. The summed E-state index contributed by atoms with van der Waals surface area (Å²) >= 11 is 0. The first-order chi connectivity index (χ1) is 6.83. The van der Waals surface area contributed by atoms with E-state index < -0.39 is 0 Å². The maximum atomic E-state index is 9.47. The highest BCUT2D eigenvalue weighted by Crippen LogP contribution is 2.41. The van der Waals surface area contributed by atoms with Gasteiger partial charge in [-0.25, -0.2) is 0 Å². The predicted molar refractivity (Wildman–Crippen MR) is 58.2 cm³/mol. The summed E-state index contributed by atoms with van der Waals surface area (Å²) in [5.41, 5.74) is 0. The highest BCUT2D eigenvalue weighted by molar-refractivity contribution is 4.90. The smallest absolute Gasteiger partial charge is 0.0476 e. The lowest BCUT2D eigenvalue weighted by Crippen LogP contribution is -2.40. The molecule has 2 nitrogen and oxygen atoms in total. The van der Waals surface area contributed by atoms with Gasteiger partial charge in [0.1, 0.15) is 0 Å². The van der Waals surface area contributed by atoms with Gasteiger partial charge in [0.2, 0.25) is 0 Å². The highest BCUT2D eigenvalue weighted by atomic mass is 16.3. The average Bonchev–Trinajstić information content (AvgIpc) is 2.98. The molecule has 0 bridgehead atoms. The van der Waals surface area contributed by atoms with E-state index in [0.717, 1.165) is 5.92 Å². The summed E-state index contributed by atoms with van der Waals surface area (Å²) in [6, 6.07) is 0.662. The van der Waals surface area contributed by atoms with E-state index in [1.165, 1.54) is 45.1 Å². The Labute approximate surface area is 87.3 Å². The molecule has 0 aromatic rings. The third-order valence-electron chi connectivity index (χ3n) is 4.01. The minimum Gasteiger partial charge on any atom is -0.396 e. The number of hydrogen-bond donors (Lipinski definition) is 1. The molecule has 1 aliphatic carbocycles. The highest BCUT2D eigenvalue weighted by Gasteiger charge is 2.37. The largest absolute Gasteiger partial charge is 0.396 e. The molecule has 2 fully saturated rings. The fourth-order valence-electron chi connectivity index (χ4n) is 2.93. The van der Waals surface area contributed by atoms with Crippen LogP contribution in [0.3, 0.4) is 0 Å². The Bertz CT molecular complexity index is 179. The van der Waals surface area contributed by atoms with Crippen LogP contribution in [0.4, 0.5) is 0 Å². The normalized spacial score (nSPS) is 32.6. The molecule has 0 spiro atoms. The second kappa shape index (κ2) is 4.63. The maximum absolute atomic E-state index is 9.47. The van der Waals surface area contributed by atoms with Crippen molar-refractivity contribution < 1.29 is 5.11 Å². The molecule has 2 atom stereocenters. The summed E-state index contributed by atoms with van der Waals surface area (Å²) in [4.78, 5) is 2.49. The van der Waals surface area contributed by atoms with Crippen LogP contribution in [0.15, 0.2) is 0 Å². The minimum atomic E-state index is 0.402. The molecular formula is C12H23NO. The van der Waals surface area contributed by atoms with Crippen LogP contribution in [0.5, 0.6) is 0 Å². The molecule has 0 aromatic carbocycles. The zero-order valence-corrected chi connectivity index (χ0v) is 9.28. The van der Waals surface area contributed by atoms with Crippen molar-refractivity contribution in [1.82, 2.24) is 4.90 Å². The second-order valence-corrected chi connectivity index (χ2v) is 5.08. The van der Waals surface area contributed by atoms with Gasteiger partial charge in [0.25, 0.3) is 0 Å². The number of likely N-dealkylation sites (tertiary alicyclic amines) is 1. The van der Waals surface area contributed by atoms with Crippen LogP contribution in [0, 0.1) is 11.8 Å². The number of hydrogen-bond acceptors (Lipinski definition) is 2. The van der Waals surface area contributed by atoms with Crippen molar-refractivity contribution >= 4 is 0 Å². The molecule has 0 radical (unpaired) electrons. The zero-order valence-electron chi connectivity index (χ0n) is 9.28. The van der Waals surface area contributed by atoms with Gasteiger partial charge in [-0.2, -0.15) is 0 Å². The Balaban J connectivity index is 1.96. The first-order valence-electron chi connectivity index (χ1n) is 6.14. The molecule has 0 aromatic heterocycles. The molecule has 14 heavy (non-hydrogen) atoms. The summed E-state index contributed by atoms with van der Waals surface area (Å²) < 4.78 is 0. The molecule has 1 N–H and O–H groups in total. The van der Waals surface area contributed by atoms with Crippen LogP contribution in [-0.4, -0.2) is 36.2 Å². The van der Waals surface area contributed by atoms with Crippen LogP contribution in [0.1, 0.15) is 38.5 Å². The van der Waals surface area contributed by atoms with Gasteiger partial charge in [0.15, 0.2) is 0 Å². The van der Waals surface area contributed by atoms with Gasteiger partial charge in [0, 0.05) is 18.6 Å². The Kier molecular flexibility index (Phi) is 3.45. The van der Waals surface area contributed by atoms with E-state index in [-0.39, 0.29) is 0 Å². The van der Waals surface area contributed by atoms with Crippen LogP contribution in [0.2, 0.25) is 0 Å². The maximum Gasteiger partial charge on any atom is 0.0476 e. The van der Waals surface area contributed by atoms with Gasteiger partial charge < -0.3 is 10.0 Å². The van der Waals surface area contributed by atoms with Gasteiger partial charge in [-0.05, 0) is 45.2 Å². The quantitative estimate of drug-likeness (QED) is 0.746. The average molecular weight is 197 g/mol. The lowest BCUT2D eigenvalue weighted by Gasteiger charge is -2.32. The first-order valence-corrected chi connectivity index (χ1v) is 6.14. The number of aliphatic hydroxyl groups excluding tert-OH is 1. The van der Waals surface area contributed by atoms with Crippen molar-refractivity contribution in [1.29, 1.82) is 0 Å². The standard InChI is InChI=1S/C12H23NO/c1-13-8-4-2-3-5-12(13)11(9-14)10-6-7-10/h10-12,14H,2-9H2,1H3. The van der Waals surface area contributed by atoms with Crippen molar-refractivity contribution in [3.05, 3.63) is 0 Å². The molecule has 1 saturated heterocycles. The SMILES string of the molecule is CN1CCCCCC1C(CO)C1CC1. The first kappa shape index (κ1) is 10.4. The molecule has 1 saturated carbocycles. The molecule has 82 valence electrons. The Morgan fingerprint density at radius 1 is 1.21 bits per heavy atom. The van der Waals surface area contributed by atoms with E-state index in [1.54, 1.807) is 0 Å². The molecular weight excluding hydrogens is 174 g/mol. The minimum absolute atomic E-state index is 0.402. The van der Waals surface area contributed by atoms with Crippen molar-refractivity contribution in [2.45, 2.75) is 44.6 Å². The van der Waals surface area contributed by atoms with Crippen LogP contribution >= 0.6 is 0 Å². The summed E-state index contributed by atoms with van der Waals surface area (Å²) in [5, 5.41) is 9.47. The second-order valence-electron chi connectivity index (χ2n) is 5.08. The van der Waals surface area contributed by atoms with Gasteiger partial charge in [-0.1, -0.05) is 12.8 Å². The summed E-state index contributed by atoms with van der Waals surface area (Å²) in [7, 11) is 2.24. The predicted octanol–water partition coefficient (Wildman–Crippen LogP) is 1.88. The van der Waals surface area contributed by atoms with Crippen molar-refractivity contribution in [2.75, 3.05) is 20.2 Å². The molecule has 2 unspecified atom stereocenters. The van der Waals surface area contributed by atoms with Gasteiger partial charge in [-0.15, -0.1) is 0 Å². The molecule has 2 rings (SSSR count). The van der Waals surface area contributed by atoms with Gasteiger partial charge >= 0.3 is 0 Å². The fraction of sp³-hybridized carbons (Fsp3) is 1.00. The van der Waals surface area contributed by atoms with Gasteiger partial charge in [0.05, 0.1) is 0 Å². The van der Waals surface area contributed by atoms with E-state index in [4.69, 9.17) is 0 Å². The van der Waals surface area contributed by atoms with Crippen molar-refractivity contribution in [2.24, 2.45) is 11.8 Å². The fourth-order valence-corrected chi connectivity index (χ4v) is 2.93. The van der Waals surface area contributed by atoms with E-state index in [0.29, 0.717) is 18.6 Å². The third kappa shape index (κ3) is 2.29. The Morgan fingerprint density at radius 3 is 2.64 bits per heavy atom. The summed E-state index contributed by atoms with van der Waals surface area (Å²) in [6.07, 6.45) is 8.10. The van der Waals surface area contributed by atoms with Crippen LogP contribution < -0.4 is 0 Å². The summed E-state index contributed by atoms with van der Waals surface area (Å²) in [6.45, 7) is 1.63. The Morgan fingerprint density at radius 2 is 2.00 bits per heavy atom. The Hall–Kier alpha value is -0.0800. The van der Waals surface area contributed by atoms with Crippen LogP contribution in [-0.2, 0) is 0 Å². The third-order valence-corrected chi connectivity index (χ3v) is 4.01. The topological polar surface area (TPSA) is 23.5 Å². The monoisotopic (exact) mass is 197 g/mol. The van der Waals surface area contributed by atoms with E-state index in [1.807, 2.05) is 0 Å². The molecule has 2 aliphatic rings. The lowest BCUT2D eigenvalue weighted by molar-refractivity contribution is 0.102. The van der Waals surface area contributed by atoms with Crippen molar-refractivity contribution in [3.8, 4) is 0 Å². The number of aliphatic hydroxyl groups is 1. The molecule has 1 aliphatic heterocycles. The van der Waals surface area contributed by atoms with Crippen LogP contribution in [0.25, 0.3) is 0 Å². The molecule has 0 amide bonds.